The number of anilines is 3. The van der Waals surface area contributed by atoms with Crippen molar-refractivity contribution in [2.45, 2.75) is 19.9 Å². The Kier molecular flexibility index (Phi) is 8.33. The monoisotopic (exact) mass is 460 g/mol. The van der Waals surface area contributed by atoms with Crippen molar-refractivity contribution in [3.63, 3.8) is 0 Å². The van der Waals surface area contributed by atoms with E-state index in [0.717, 1.165) is 57.4 Å². The highest BCUT2D eigenvalue weighted by Gasteiger charge is 2.15. The van der Waals surface area contributed by atoms with Gasteiger partial charge in [0.05, 0.1) is 13.2 Å². The van der Waals surface area contributed by atoms with Crippen molar-refractivity contribution in [3.05, 3.63) is 65.7 Å². The van der Waals surface area contributed by atoms with E-state index in [1.165, 1.54) is 22.3 Å². The zero-order chi connectivity index (χ0) is 23.8. The van der Waals surface area contributed by atoms with Crippen LogP contribution in [0.3, 0.4) is 0 Å². The molecule has 180 valence electrons. The van der Waals surface area contributed by atoms with Gasteiger partial charge < -0.3 is 25.2 Å². The lowest BCUT2D eigenvalue weighted by Gasteiger charge is -2.28. The number of benzene rings is 2. The molecule has 0 unspecified atom stereocenters. The number of rotatable bonds is 10. The molecular weight excluding hydrogens is 424 g/mol. The fourth-order valence-electron chi connectivity index (χ4n) is 4.15. The first kappa shape index (κ1) is 24.0. The van der Waals surface area contributed by atoms with Crippen LogP contribution < -0.4 is 15.5 Å². The first-order valence-electron chi connectivity index (χ1n) is 12.1. The lowest BCUT2D eigenvalue weighted by atomic mass is 9.96. The van der Waals surface area contributed by atoms with E-state index in [2.05, 4.69) is 90.0 Å². The van der Waals surface area contributed by atoms with Crippen molar-refractivity contribution in [3.8, 4) is 11.1 Å². The third-order valence-electron chi connectivity index (χ3n) is 6.10. The van der Waals surface area contributed by atoms with Crippen LogP contribution in [0.2, 0.25) is 0 Å². The van der Waals surface area contributed by atoms with Gasteiger partial charge in [0.25, 0.3) is 0 Å². The SMILES string of the molecule is Cc1c(CNc2nc(NCCCN(C)C)cc(N3CCOCC3)n2)cccc1-c1ccccc1. The van der Waals surface area contributed by atoms with Gasteiger partial charge in [-0.15, -0.1) is 0 Å². The molecule has 1 fully saturated rings. The molecule has 4 rings (SSSR count). The standard InChI is InChI=1S/C27H36N6O/c1-21-23(11-7-12-24(21)22-9-5-4-6-10-22)20-29-27-30-25(28-13-8-14-32(2)3)19-26(31-27)33-15-17-34-18-16-33/h4-7,9-12,19H,8,13-18,20H2,1-3H3,(H2,28,29,30,31). The highest BCUT2D eigenvalue weighted by atomic mass is 16.5. The summed E-state index contributed by atoms with van der Waals surface area (Å²) < 4.78 is 5.53. The minimum atomic E-state index is 0.642. The minimum Gasteiger partial charge on any atom is -0.378 e. The van der Waals surface area contributed by atoms with Gasteiger partial charge >= 0.3 is 0 Å². The predicted molar refractivity (Wildman–Crippen MR) is 141 cm³/mol. The summed E-state index contributed by atoms with van der Waals surface area (Å²) in [7, 11) is 4.19. The Bertz CT molecular complexity index is 1050. The fraction of sp³-hybridized carbons (Fsp3) is 0.407. The van der Waals surface area contributed by atoms with E-state index in [1.54, 1.807) is 0 Å². The van der Waals surface area contributed by atoms with Gasteiger partial charge in [0.15, 0.2) is 0 Å². The lowest BCUT2D eigenvalue weighted by Crippen LogP contribution is -2.37. The van der Waals surface area contributed by atoms with Crippen LogP contribution in [0.4, 0.5) is 17.6 Å². The number of morpholine rings is 1. The van der Waals surface area contributed by atoms with Crippen LogP contribution in [-0.2, 0) is 11.3 Å². The summed E-state index contributed by atoms with van der Waals surface area (Å²) in [5, 5.41) is 6.97. The number of hydrogen-bond donors (Lipinski definition) is 2. The molecule has 3 aromatic rings. The van der Waals surface area contributed by atoms with Crippen molar-refractivity contribution in [1.29, 1.82) is 0 Å². The maximum absolute atomic E-state index is 5.53. The van der Waals surface area contributed by atoms with Crippen LogP contribution in [0.5, 0.6) is 0 Å². The summed E-state index contributed by atoms with van der Waals surface area (Å²) in [5.41, 5.74) is 5.00. The quantitative estimate of drug-likeness (QED) is 0.438. The highest BCUT2D eigenvalue weighted by Crippen LogP contribution is 2.26. The molecule has 1 aromatic heterocycles. The smallest absolute Gasteiger partial charge is 0.226 e. The summed E-state index contributed by atoms with van der Waals surface area (Å²) in [6.07, 6.45) is 1.05. The molecule has 1 aliphatic heterocycles. The molecule has 0 aliphatic carbocycles. The average Bonchev–Trinajstić information content (AvgIpc) is 2.87. The molecule has 7 heteroatoms. The lowest BCUT2D eigenvalue weighted by molar-refractivity contribution is 0.122. The van der Waals surface area contributed by atoms with Gasteiger partial charge in [-0.25, -0.2) is 0 Å². The van der Waals surface area contributed by atoms with Crippen molar-refractivity contribution < 1.29 is 4.74 Å². The van der Waals surface area contributed by atoms with E-state index in [0.29, 0.717) is 12.5 Å². The second kappa shape index (κ2) is 11.8. The second-order valence-corrected chi connectivity index (χ2v) is 8.93. The van der Waals surface area contributed by atoms with E-state index in [9.17, 15) is 0 Å². The first-order chi connectivity index (χ1) is 16.6. The maximum Gasteiger partial charge on any atom is 0.226 e. The molecule has 0 saturated carbocycles. The maximum atomic E-state index is 5.53. The van der Waals surface area contributed by atoms with Crippen LogP contribution in [-0.4, -0.2) is 68.4 Å². The van der Waals surface area contributed by atoms with Crippen molar-refractivity contribution in [2.75, 3.05) is 69.0 Å². The Balaban J connectivity index is 1.50. The van der Waals surface area contributed by atoms with E-state index >= 15 is 0 Å². The fourth-order valence-corrected chi connectivity index (χ4v) is 4.15. The molecule has 2 aromatic carbocycles. The highest BCUT2D eigenvalue weighted by molar-refractivity contribution is 5.68. The molecule has 1 saturated heterocycles. The molecule has 0 atom stereocenters. The van der Waals surface area contributed by atoms with Crippen LogP contribution in [0.25, 0.3) is 11.1 Å². The van der Waals surface area contributed by atoms with Crippen molar-refractivity contribution >= 4 is 17.6 Å². The van der Waals surface area contributed by atoms with Crippen LogP contribution >= 0.6 is 0 Å². The minimum absolute atomic E-state index is 0.642. The Labute approximate surface area is 203 Å². The van der Waals surface area contributed by atoms with Gasteiger partial charge in [0.2, 0.25) is 5.95 Å². The topological polar surface area (TPSA) is 65.6 Å². The van der Waals surface area contributed by atoms with Crippen LogP contribution in [0.1, 0.15) is 17.5 Å². The van der Waals surface area contributed by atoms with E-state index in [1.807, 2.05) is 6.07 Å². The van der Waals surface area contributed by atoms with Gasteiger partial charge in [-0.05, 0) is 56.2 Å². The Morgan fingerprint density at radius 3 is 2.53 bits per heavy atom. The third-order valence-corrected chi connectivity index (χ3v) is 6.10. The molecule has 1 aliphatic rings. The zero-order valence-electron chi connectivity index (χ0n) is 20.6. The molecule has 34 heavy (non-hydrogen) atoms. The molecule has 2 heterocycles. The van der Waals surface area contributed by atoms with Gasteiger partial charge in [0.1, 0.15) is 11.6 Å². The molecule has 2 N–H and O–H groups in total. The predicted octanol–water partition coefficient (Wildman–Crippen LogP) is 4.26. The van der Waals surface area contributed by atoms with Crippen molar-refractivity contribution in [1.82, 2.24) is 14.9 Å². The summed E-state index contributed by atoms with van der Waals surface area (Å²) in [5.74, 6) is 2.43. The van der Waals surface area contributed by atoms with Crippen LogP contribution in [0, 0.1) is 6.92 Å². The van der Waals surface area contributed by atoms with Gasteiger partial charge in [-0.3, -0.25) is 0 Å². The second-order valence-electron chi connectivity index (χ2n) is 8.93. The molecule has 0 amide bonds. The van der Waals surface area contributed by atoms with Crippen molar-refractivity contribution in [2.24, 2.45) is 0 Å². The van der Waals surface area contributed by atoms with Gasteiger partial charge in [-0.2, -0.15) is 9.97 Å². The van der Waals surface area contributed by atoms with E-state index in [4.69, 9.17) is 14.7 Å². The Morgan fingerprint density at radius 1 is 0.971 bits per heavy atom. The summed E-state index contributed by atoms with van der Waals surface area (Å²) in [4.78, 5) is 14.1. The third kappa shape index (κ3) is 6.46. The molecule has 0 bridgehead atoms. The molecule has 7 nitrogen and oxygen atoms in total. The summed E-state index contributed by atoms with van der Waals surface area (Å²) in [6, 6.07) is 19.0. The van der Waals surface area contributed by atoms with E-state index < -0.39 is 0 Å². The average molecular weight is 461 g/mol. The molecule has 0 spiro atoms. The van der Waals surface area contributed by atoms with E-state index in [-0.39, 0.29) is 0 Å². The zero-order valence-corrected chi connectivity index (χ0v) is 20.6. The first-order valence-corrected chi connectivity index (χ1v) is 12.1. The van der Waals surface area contributed by atoms with Crippen LogP contribution in [0.15, 0.2) is 54.6 Å². The summed E-state index contributed by atoms with van der Waals surface area (Å²) >= 11 is 0. The molecule has 0 radical (unpaired) electrons. The number of nitrogens with one attached hydrogen (secondary N) is 2. The number of ether oxygens (including phenoxy) is 1. The number of aromatic nitrogens is 2. The summed E-state index contributed by atoms with van der Waals surface area (Å²) in [6.45, 7) is 7.89. The largest absolute Gasteiger partial charge is 0.378 e. The van der Waals surface area contributed by atoms with Gasteiger partial charge in [0, 0.05) is 32.2 Å². The van der Waals surface area contributed by atoms with Gasteiger partial charge in [-0.1, -0.05) is 48.5 Å². The molecular formula is C27H36N6O. The Hall–Kier alpha value is -3.16. The number of hydrogen-bond acceptors (Lipinski definition) is 7. The Morgan fingerprint density at radius 2 is 1.76 bits per heavy atom. The normalized spacial score (nSPS) is 13.8. The number of nitrogens with zero attached hydrogens (tertiary/aromatic N) is 4.